The molecule has 2 aromatic carbocycles. The molecule has 36 heavy (non-hydrogen) atoms. The Bertz CT molecular complexity index is 1140. The van der Waals surface area contributed by atoms with E-state index in [0.717, 1.165) is 5.56 Å². The van der Waals surface area contributed by atoms with Gasteiger partial charge in [0.15, 0.2) is 29.6 Å². The van der Waals surface area contributed by atoms with E-state index in [0.29, 0.717) is 22.8 Å². The molecule has 0 radical (unpaired) electrons. The van der Waals surface area contributed by atoms with Crippen molar-refractivity contribution in [1.29, 1.82) is 0 Å². The molecule has 11 heteroatoms. The molecular formula is C25H29N3O8. The lowest BCUT2D eigenvalue weighted by atomic mass is 10.1. The first-order chi connectivity index (χ1) is 17.4. The number of likely N-dealkylation sites (tertiary alicyclic amines) is 1. The van der Waals surface area contributed by atoms with Gasteiger partial charge in [-0.15, -0.1) is 0 Å². The third-order valence-corrected chi connectivity index (χ3v) is 5.98. The molecule has 0 saturated carbocycles. The van der Waals surface area contributed by atoms with Crippen molar-refractivity contribution < 1.29 is 38.1 Å². The first kappa shape index (κ1) is 25.1. The SMILES string of the molecule is COCC(=O)N1C[C@@H]2NC(=O)c3ccc(OC)c(c3)OCC(=O)NCc3ccc(c(OC)c3)O[C@H]2C1. The maximum atomic E-state index is 13.2. The number of nitrogens with one attached hydrogen (secondary N) is 2. The van der Waals surface area contributed by atoms with E-state index in [1.54, 1.807) is 35.2 Å². The Morgan fingerprint density at radius 1 is 1.03 bits per heavy atom. The normalized spacial score (nSPS) is 19.8. The molecule has 2 aromatic rings. The molecule has 192 valence electrons. The van der Waals surface area contributed by atoms with Gasteiger partial charge in [-0.25, -0.2) is 0 Å². The Labute approximate surface area is 208 Å². The summed E-state index contributed by atoms with van der Waals surface area (Å²) in [6.45, 7) is 0.417. The van der Waals surface area contributed by atoms with Gasteiger partial charge < -0.3 is 39.2 Å². The first-order valence-electron chi connectivity index (χ1n) is 11.4. The molecule has 0 unspecified atom stereocenters. The largest absolute Gasteiger partial charge is 0.493 e. The van der Waals surface area contributed by atoms with Gasteiger partial charge in [0.25, 0.3) is 11.8 Å². The molecule has 3 aliphatic rings. The fourth-order valence-corrected chi connectivity index (χ4v) is 4.11. The molecule has 4 bridgehead atoms. The summed E-state index contributed by atoms with van der Waals surface area (Å²) >= 11 is 0. The highest BCUT2D eigenvalue weighted by Crippen LogP contribution is 2.32. The topological polar surface area (TPSA) is 125 Å². The number of amides is 3. The summed E-state index contributed by atoms with van der Waals surface area (Å²) in [5.41, 5.74) is 1.10. The van der Waals surface area contributed by atoms with Crippen LogP contribution in [-0.2, 0) is 20.9 Å². The van der Waals surface area contributed by atoms with Crippen molar-refractivity contribution in [3.63, 3.8) is 0 Å². The smallest absolute Gasteiger partial charge is 0.258 e. The number of ether oxygens (including phenoxy) is 5. The van der Waals surface area contributed by atoms with Gasteiger partial charge in [-0.05, 0) is 35.9 Å². The second-order valence-electron chi connectivity index (χ2n) is 8.38. The number of methoxy groups -OCH3 is 3. The summed E-state index contributed by atoms with van der Waals surface area (Å²) in [5.74, 6) is 0.622. The minimum Gasteiger partial charge on any atom is -0.493 e. The minimum absolute atomic E-state index is 0.0731. The van der Waals surface area contributed by atoms with Crippen molar-refractivity contribution in [2.75, 3.05) is 47.6 Å². The summed E-state index contributed by atoms with van der Waals surface area (Å²) in [6.07, 6.45) is -0.543. The molecule has 1 fully saturated rings. The van der Waals surface area contributed by atoms with Crippen LogP contribution in [-0.4, -0.2) is 82.4 Å². The Kier molecular flexibility index (Phi) is 7.79. The molecule has 0 aliphatic carbocycles. The fraction of sp³-hybridized carbons (Fsp3) is 0.400. The number of hydrogen-bond acceptors (Lipinski definition) is 8. The summed E-state index contributed by atoms with van der Waals surface area (Å²) in [5, 5.41) is 5.76. The minimum atomic E-state index is -0.543. The maximum absolute atomic E-state index is 13.2. The van der Waals surface area contributed by atoms with Crippen LogP contribution in [0.3, 0.4) is 0 Å². The van der Waals surface area contributed by atoms with Crippen LogP contribution in [0.1, 0.15) is 15.9 Å². The van der Waals surface area contributed by atoms with Crippen molar-refractivity contribution in [2.45, 2.75) is 18.7 Å². The molecule has 0 aromatic heterocycles. The molecule has 1 saturated heterocycles. The number of nitrogens with zero attached hydrogens (tertiary/aromatic N) is 1. The zero-order valence-electron chi connectivity index (χ0n) is 20.4. The molecule has 2 atom stereocenters. The number of hydrogen-bond donors (Lipinski definition) is 2. The zero-order chi connectivity index (χ0) is 25.7. The molecule has 5 rings (SSSR count). The van der Waals surface area contributed by atoms with Crippen molar-refractivity contribution in [3.05, 3.63) is 47.5 Å². The number of benzene rings is 2. The van der Waals surface area contributed by atoms with E-state index in [2.05, 4.69) is 10.6 Å². The van der Waals surface area contributed by atoms with Crippen molar-refractivity contribution in [3.8, 4) is 23.0 Å². The summed E-state index contributed by atoms with van der Waals surface area (Å²) in [4.78, 5) is 39.7. The van der Waals surface area contributed by atoms with Gasteiger partial charge in [-0.3, -0.25) is 14.4 Å². The number of carbonyl (C=O) groups excluding carboxylic acids is 3. The highest BCUT2D eigenvalue weighted by molar-refractivity contribution is 5.95. The number of carbonyl (C=O) groups is 3. The Morgan fingerprint density at radius 3 is 2.58 bits per heavy atom. The van der Waals surface area contributed by atoms with Gasteiger partial charge in [0, 0.05) is 25.8 Å². The van der Waals surface area contributed by atoms with E-state index >= 15 is 0 Å². The molecular weight excluding hydrogens is 470 g/mol. The molecule has 3 aliphatic heterocycles. The highest BCUT2D eigenvalue weighted by Gasteiger charge is 2.38. The van der Waals surface area contributed by atoms with E-state index in [9.17, 15) is 14.4 Å². The monoisotopic (exact) mass is 499 g/mol. The van der Waals surface area contributed by atoms with Gasteiger partial charge >= 0.3 is 0 Å². The highest BCUT2D eigenvalue weighted by atomic mass is 16.5. The average Bonchev–Trinajstić information content (AvgIpc) is 3.28. The lowest BCUT2D eigenvalue weighted by Crippen LogP contribution is -2.45. The second kappa shape index (κ2) is 11.2. The van der Waals surface area contributed by atoms with Gasteiger partial charge in [0.2, 0.25) is 5.91 Å². The molecule has 2 N–H and O–H groups in total. The molecule has 3 amide bonds. The summed E-state index contributed by atoms with van der Waals surface area (Å²) in [6, 6.07) is 9.50. The summed E-state index contributed by atoms with van der Waals surface area (Å²) in [7, 11) is 4.44. The van der Waals surface area contributed by atoms with Crippen molar-refractivity contribution in [2.24, 2.45) is 0 Å². The standard InChI is InChI=1S/C25H29N3O8/c1-32-14-24(30)28-11-17-22(12-28)36-19-6-4-15(8-20(19)34-3)10-26-23(29)13-35-21-9-16(25(31)27-17)5-7-18(21)33-2/h4-9,17,22H,10-14H2,1-3H3,(H,26,29)(H,27,31)/t17-,22-/m0/s1. The number of rotatable bonds is 4. The van der Waals surface area contributed by atoms with E-state index in [1.165, 1.54) is 27.4 Å². The Balaban J connectivity index is 1.68. The van der Waals surface area contributed by atoms with Gasteiger partial charge in [0.05, 0.1) is 26.8 Å². The summed E-state index contributed by atoms with van der Waals surface area (Å²) < 4.78 is 27.7. The quantitative estimate of drug-likeness (QED) is 0.632. The lowest BCUT2D eigenvalue weighted by molar-refractivity contribution is -0.134. The zero-order valence-corrected chi connectivity index (χ0v) is 20.4. The predicted octanol–water partition coefficient (Wildman–Crippen LogP) is 0.747. The molecule has 11 nitrogen and oxygen atoms in total. The Hall–Kier alpha value is -3.99. The van der Waals surface area contributed by atoms with E-state index < -0.39 is 18.1 Å². The van der Waals surface area contributed by atoms with Crippen LogP contribution < -0.4 is 29.6 Å². The van der Waals surface area contributed by atoms with Crippen LogP contribution >= 0.6 is 0 Å². The van der Waals surface area contributed by atoms with Gasteiger partial charge in [-0.1, -0.05) is 6.07 Å². The van der Waals surface area contributed by atoms with Crippen LogP contribution in [0.5, 0.6) is 23.0 Å². The van der Waals surface area contributed by atoms with Crippen molar-refractivity contribution in [1.82, 2.24) is 15.5 Å². The lowest BCUT2D eigenvalue weighted by Gasteiger charge is -2.22. The van der Waals surface area contributed by atoms with Crippen LogP contribution in [0.25, 0.3) is 0 Å². The van der Waals surface area contributed by atoms with Crippen molar-refractivity contribution >= 4 is 17.7 Å². The van der Waals surface area contributed by atoms with Gasteiger partial charge in [-0.2, -0.15) is 0 Å². The average molecular weight is 500 g/mol. The van der Waals surface area contributed by atoms with Crippen LogP contribution in [0.15, 0.2) is 36.4 Å². The van der Waals surface area contributed by atoms with E-state index in [1.807, 2.05) is 0 Å². The molecule has 3 heterocycles. The fourth-order valence-electron chi connectivity index (χ4n) is 4.11. The molecule has 0 spiro atoms. The second-order valence-corrected chi connectivity index (χ2v) is 8.38. The van der Waals surface area contributed by atoms with Crippen LogP contribution in [0, 0.1) is 0 Å². The number of fused-ring (bicyclic) bond motifs is 7. The van der Waals surface area contributed by atoms with Crippen LogP contribution in [0.4, 0.5) is 0 Å². The third kappa shape index (κ3) is 5.62. The Morgan fingerprint density at radius 2 is 1.83 bits per heavy atom. The predicted molar refractivity (Wildman–Crippen MR) is 127 cm³/mol. The van der Waals surface area contributed by atoms with E-state index in [-0.39, 0.29) is 50.4 Å². The van der Waals surface area contributed by atoms with Crippen LogP contribution in [0.2, 0.25) is 0 Å². The third-order valence-electron chi connectivity index (χ3n) is 5.98. The first-order valence-corrected chi connectivity index (χ1v) is 11.4. The van der Waals surface area contributed by atoms with Gasteiger partial charge in [0.1, 0.15) is 12.7 Å². The maximum Gasteiger partial charge on any atom is 0.258 e. The van der Waals surface area contributed by atoms with E-state index in [4.69, 9.17) is 23.7 Å².